The lowest BCUT2D eigenvalue weighted by atomic mass is 10.1. The Labute approximate surface area is 641 Å². The van der Waals surface area contributed by atoms with Gasteiger partial charge in [0.15, 0.2) is 34.5 Å². The molecule has 0 bridgehead atoms. The molecule has 0 N–H and O–H groups in total. The Hall–Kier alpha value is -4.47. The van der Waals surface area contributed by atoms with E-state index in [0.29, 0.717) is 91.2 Å². The number of hydrogen-bond acceptors (Lipinski definition) is 10. The van der Waals surface area contributed by atoms with Crippen LogP contribution in [0, 0.1) is 0 Å². The van der Waals surface area contributed by atoms with Crippen molar-refractivity contribution in [3.05, 3.63) is 59.2 Å². The molecule has 10 nitrogen and oxygen atoms in total. The van der Waals surface area contributed by atoms with Crippen molar-refractivity contribution in [2.24, 2.45) is 0 Å². The summed E-state index contributed by atoms with van der Waals surface area (Å²) in [5.74, 6) is 4.68. The van der Waals surface area contributed by atoms with Gasteiger partial charge in [-0.25, -0.2) is 4.79 Å². The molecule has 0 radical (unpaired) electrons. The molecule has 0 aliphatic heterocycles. The van der Waals surface area contributed by atoms with Gasteiger partial charge in [-0.3, -0.25) is 0 Å². The predicted molar refractivity (Wildman–Crippen MR) is 443 cm³/mol. The van der Waals surface area contributed by atoms with Crippen molar-refractivity contribution < 1.29 is 47.4 Å². The Morgan fingerprint density at radius 3 is 0.644 bits per heavy atom. The lowest BCUT2D eigenvalue weighted by molar-refractivity contribution is 0.0600. The van der Waals surface area contributed by atoms with Crippen LogP contribution in [-0.4, -0.2) is 52.7 Å². The highest BCUT2D eigenvalue weighted by Gasteiger charge is 2.21. The van der Waals surface area contributed by atoms with Gasteiger partial charge in [-0.15, -0.1) is 0 Å². The Kier molecular flexibility index (Phi) is 63.3. The molecule has 0 amide bonds. The number of esters is 1. The number of rotatable bonds is 79. The van der Waals surface area contributed by atoms with Crippen molar-refractivity contribution in [2.45, 2.75) is 440 Å². The summed E-state index contributed by atoms with van der Waals surface area (Å²) < 4.78 is 59.9. The second kappa shape index (κ2) is 70.2. The number of methoxy groups -OCH3 is 1. The standard InChI is InChI=1S/C94H164O10/c1-8-14-20-26-32-38-44-50-56-62-70-97-88-76-83(77-89(98-71-63-57-51-45-39-33-27-21-15-9-2)92(88)101-74-66-60-54-48-42-36-30-24-18-12-5)81-103-86-69-68-85(94(95)96-7)80-87(86)104-82-84-78-90(99-72-64-58-52-46-40-34-28-22-16-10-3)93(102-75-67-61-55-49-43-37-31-25-19-13-6)91(79-84)100-73-65-59-53-47-41-35-29-23-17-11-4/h68-69,76-80H,8-67,70-75,81-82H2,1-7H3. The highest BCUT2D eigenvalue weighted by molar-refractivity contribution is 5.90. The van der Waals surface area contributed by atoms with E-state index in [1.54, 1.807) is 12.1 Å². The van der Waals surface area contributed by atoms with Gasteiger partial charge in [-0.2, -0.15) is 0 Å². The molecule has 0 spiro atoms. The Bertz CT molecular complexity index is 2290. The molecule has 0 saturated heterocycles. The van der Waals surface area contributed by atoms with Crippen molar-refractivity contribution >= 4 is 5.97 Å². The van der Waals surface area contributed by atoms with Crippen LogP contribution in [0.4, 0.5) is 0 Å². The first-order chi connectivity index (χ1) is 51.4. The van der Waals surface area contributed by atoms with Gasteiger partial charge in [0.05, 0.1) is 52.3 Å². The first-order valence-corrected chi connectivity index (χ1v) is 45.0. The van der Waals surface area contributed by atoms with Gasteiger partial charge < -0.3 is 42.6 Å². The molecule has 0 fully saturated rings. The zero-order chi connectivity index (χ0) is 74.3. The predicted octanol–water partition coefficient (Wildman–Crippen LogP) is 30.4. The van der Waals surface area contributed by atoms with Gasteiger partial charge in [0.2, 0.25) is 11.5 Å². The lowest BCUT2D eigenvalue weighted by Gasteiger charge is -2.20. The SMILES string of the molecule is CCCCCCCCCCCCOc1cc(COc2ccc(C(=O)OC)cc2OCc2cc(OCCCCCCCCCCCC)c(OCCCCCCCCCCCC)c(OCCCCCCCCCCCC)c2)cc(OCCCCCCCCCCCC)c1OCCCCCCCCCCCC. The van der Waals surface area contributed by atoms with E-state index in [4.69, 9.17) is 42.6 Å². The molecule has 0 saturated carbocycles. The van der Waals surface area contributed by atoms with Crippen LogP contribution in [0.5, 0.6) is 46.0 Å². The maximum Gasteiger partial charge on any atom is 0.337 e. The zero-order valence-electron chi connectivity index (χ0n) is 69.2. The third-order valence-electron chi connectivity index (χ3n) is 20.8. The second-order valence-corrected chi connectivity index (χ2v) is 30.8. The Balaban J connectivity index is 1.99. The van der Waals surface area contributed by atoms with Gasteiger partial charge in [-0.05, 0) is 92.1 Å². The van der Waals surface area contributed by atoms with E-state index in [0.717, 1.165) is 88.2 Å². The number of ether oxygens (including phenoxy) is 9. The topological polar surface area (TPSA) is 100 Å². The fraction of sp³-hybridized carbons (Fsp3) is 0.798. The Morgan fingerprint density at radius 2 is 0.423 bits per heavy atom. The summed E-state index contributed by atoms with van der Waals surface area (Å²) in [7, 11) is 1.42. The van der Waals surface area contributed by atoms with Crippen molar-refractivity contribution in [1.29, 1.82) is 0 Å². The summed E-state index contributed by atoms with van der Waals surface area (Å²) in [4.78, 5) is 13.3. The fourth-order valence-electron chi connectivity index (χ4n) is 14.1. The minimum absolute atomic E-state index is 0.169. The summed E-state index contributed by atoms with van der Waals surface area (Å²) >= 11 is 0. The molecule has 0 aromatic heterocycles. The van der Waals surface area contributed by atoms with Crippen LogP contribution in [0.25, 0.3) is 0 Å². The third-order valence-corrected chi connectivity index (χ3v) is 20.8. The van der Waals surface area contributed by atoms with Crippen LogP contribution in [0.2, 0.25) is 0 Å². The number of carbonyl (C=O) groups excluding carboxylic acids is 1. The van der Waals surface area contributed by atoms with E-state index in [-0.39, 0.29) is 13.2 Å². The fourth-order valence-corrected chi connectivity index (χ4v) is 14.1. The smallest absolute Gasteiger partial charge is 0.337 e. The van der Waals surface area contributed by atoms with Crippen molar-refractivity contribution in [3.63, 3.8) is 0 Å². The molecular formula is C94H164O10. The molecular weight excluding hydrogens is 1290 g/mol. The number of benzene rings is 3. The van der Waals surface area contributed by atoms with E-state index in [1.165, 1.54) is 315 Å². The van der Waals surface area contributed by atoms with E-state index in [9.17, 15) is 4.79 Å². The average Bonchev–Trinajstić information content (AvgIpc) is 0.849. The maximum absolute atomic E-state index is 13.3. The van der Waals surface area contributed by atoms with Crippen LogP contribution >= 0.6 is 0 Å². The number of hydrogen-bond donors (Lipinski definition) is 0. The molecule has 3 aromatic carbocycles. The first kappa shape index (κ1) is 93.7. The van der Waals surface area contributed by atoms with Gasteiger partial charge >= 0.3 is 5.97 Å². The molecule has 0 aliphatic carbocycles. The molecule has 104 heavy (non-hydrogen) atoms. The Morgan fingerprint density at radius 1 is 0.221 bits per heavy atom. The minimum Gasteiger partial charge on any atom is -0.490 e. The van der Waals surface area contributed by atoms with Crippen LogP contribution in [0.15, 0.2) is 42.5 Å². The molecule has 600 valence electrons. The quantitative estimate of drug-likeness (QED) is 0.0401. The van der Waals surface area contributed by atoms with Crippen LogP contribution in [-0.2, 0) is 18.0 Å². The third kappa shape index (κ3) is 50.2. The van der Waals surface area contributed by atoms with Crippen molar-refractivity contribution in [1.82, 2.24) is 0 Å². The van der Waals surface area contributed by atoms with Gasteiger partial charge in [-0.1, -0.05) is 388 Å². The highest BCUT2D eigenvalue weighted by Crippen LogP contribution is 2.43. The van der Waals surface area contributed by atoms with Gasteiger partial charge in [0.25, 0.3) is 0 Å². The van der Waals surface area contributed by atoms with E-state index in [2.05, 4.69) is 65.8 Å². The summed E-state index contributed by atoms with van der Waals surface area (Å²) in [6, 6.07) is 13.7. The van der Waals surface area contributed by atoms with Crippen LogP contribution in [0.3, 0.4) is 0 Å². The van der Waals surface area contributed by atoms with Gasteiger partial charge in [0.1, 0.15) is 13.2 Å². The molecule has 10 heteroatoms. The molecule has 0 unspecified atom stereocenters. The van der Waals surface area contributed by atoms with Crippen LogP contribution in [0.1, 0.15) is 448 Å². The minimum atomic E-state index is -0.447. The maximum atomic E-state index is 13.3. The number of unbranched alkanes of at least 4 members (excludes halogenated alkanes) is 54. The monoisotopic (exact) mass is 1450 g/mol. The summed E-state index contributed by atoms with van der Waals surface area (Å²) in [5, 5.41) is 0. The van der Waals surface area contributed by atoms with Crippen molar-refractivity contribution in [3.8, 4) is 46.0 Å². The molecule has 0 atom stereocenters. The van der Waals surface area contributed by atoms with E-state index in [1.807, 2.05) is 6.07 Å². The van der Waals surface area contributed by atoms with E-state index < -0.39 is 5.97 Å². The first-order valence-electron chi connectivity index (χ1n) is 45.0. The average molecular weight is 1450 g/mol. The lowest BCUT2D eigenvalue weighted by Crippen LogP contribution is -2.09. The van der Waals surface area contributed by atoms with Gasteiger partial charge in [0, 0.05) is 0 Å². The molecule has 0 heterocycles. The van der Waals surface area contributed by atoms with Crippen LogP contribution < -0.4 is 37.9 Å². The summed E-state index contributed by atoms with van der Waals surface area (Å²) in [6.07, 6.45) is 75.7. The molecule has 3 rings (SSSR count). The van der Waals surface area contributed by atoms with E-state index >= 15 is 0 Å². The zero-order valence-corrected chi connectivity index (χ0v) is 69.2. The highest BCUT2D eigenvalue weighted by atomic mass is 16.6. The second-order valence-electron chi connectivity index (χ2n) is 30.8. The normalized spacial score (nSPS) is 11.4. The number of carbonyl (C=O) groups is 1. The summed E-state index contributed by atoms with van der Waals surface area (Å²) in [5.41, 5.74) is 2.15. The summed E-state index contributed by atoms with van der Waals surface area (Å²) in [6.45, 7) is 17.7. The molecule has 0 aliphatic rings. The molecule has 3 aromatic rings. The largest absolute Gasteiger partial charge is 0.490 e. The van der Waals surface area contributed by atoms with Crippen molar-refractivity contribution in [2.75, 3.05) is 46.8 Å².